The van der Waals surface area contributed by atoms with Crippen LogP contribution in [0.3, 0.4) is 0 Å². The van der Waals surface area contributed by atoms with Gasteiger partial charge in [0.05, 0.1) is 0 Å². The van der Waals surface area contributed by atoms with Gasteiger partial charge in [0, 0.05) is 5.97 Å². The topological polar surface area (TPSA) is 40.1 Å². The molecule has 0 aliphatic carbocycles. The van der Waals surface area contributed by atoms with Crippen LogP contribution >= 0.6 is 0 Å². The number of carbonyl (C=O) groups excluding carboxylic acids is 1. The van der Waals surface area contributed by atoms with Gasteiger partial charge in [-0.3, -0.25) is 0 Å². The van der Waals surface area contributed by atoms with Gasteiger partial charge in [-0.05, 0) is 12.3 Å². The molecular weight excluding hydrogens is 127 g/mol. The molecule has 0 unspecified atom stereocenters. The second-order valence-electron chi connectivity index (χ2n) is 2.01. The second-order valence-corrected chi connectivity index (χ2v) is 2.01. The maximum absolute atomic E-state index is 9.98. The fraction of sp³-hybridized carbons (Fsp3) is 0.833. The van der Waals surface area contributed by atoms with E-state index in [0.717, 1.165) is 12.8 Å². The number of carboxylic acid groups (broad SMARTS) is 1. The van der Waals surface area contributed by atoms with E-state index in [9.17, 15) is 9.90 Å². The summed E-state index contributed by atoms with van der Waals surface area (Å²) in [6, 6.07) is 0. The zero-order valence-corrected chi connectivity index (χ0v) is 8.31. The van der Waals surface area contributed by atoms with Crippen molar-refractivity contribution in [2.24, 2.45) is 5.92 Å². The third kappa shape index (κ3) is 6.35. The van der Waals surface area contributed by atoms with E-state index in [2.05, 4.69) is 0 Å². The molecule has 0 radical (unpaired) electrons. The largest absolute Gasteiger partial charge is 1.00 e. The Hall–Kier alpha value is 0.470. The smallest absolute Gasteiger partial charge is 0.550 e. The van der Waals surface area contributed by atoms with Crippen LogP contribution in [0.4, 0.5) is 0 Å². The Morgan fingerprint density at radius 1 is 1.67 bits per heavy atom. The van der Waals surface area contributed by atoms with Crippen LogP contribution in [0, 0.1) is 5.92 Å². The molecule has 0 aromatic rings. The van der Waals surface area contributed by atoms with Crippen molar-refractivity contribution >= 4 is 5.97 Å². The molecule has 0 heterocycles. The minimum Gasteiger partial charge on any atom is -0.550 e. The van der Waals surface area contributed by atoms with Crippen molar-refractivity contribution in [2.45, 2.75) is 26.7 Å². The number of carboxylic acids is 1. The van der Waals surface area contributed by atoms with Gasteiger partial charge in [-0.15, -0.1) is 0 Å². The second kappa shape index (κ2) is 6.59. The van der Waals surface area contributed by atoms with E-state index in [-0.39, 0.29) is 35.5 Å². The first kappa shape index (κ1) is 12.2. The standard InChI is InChI=1S/C6H12O2.Na/c1-3-4-5(2)6(7)8;/h5H,3-4H2,1-2H3,(H,7,8);/q;+1/p-1/t5-;/m0./s1. The quantitative estimate of drug-likeness (QED) is 0.395. The van der Waals surface area contributed by atoms with Gasteiger partial charge in [0.2, 0.25) is 0 Å². The third-order valence-corrected chi connectivity index (χ3v) is 1.12. The van der Waals surface area contributed by atoms with E-state index in [4.69, 9.17) is 0 Å². The SMILES string of the molecule is CCC[C@H](C)C(=O)[O-].[Na+]. The van der Waals surface area contributed by atoms with Crippen LogP contribution in [0.5, 0.6) is 0 Å². The first-order valence-electron chi connectivity index (χ1n) is 2.89. The van der Waals surface area contributed by atoms with Crippen LogP contribution in [0.1, 0.15) is 26.7 Å². The minimum absolute atomic E-state index is 0. The summed E-state index contributed by atoms with van der Waals surface area (Å²) in [6.07, 6.45) is 1.64. The molecule has 0 spiro atoms. The van der Waals surface area contributed by atoms with Crippen molar-refractivity contribution in [1.29, 1.82) is 0 Å². The van der Waals surface area contributed by atoms with Gasteiger partial charge in [0.15, 0.2) is 0 Å². The summed E-state index contributed by atoms with van der Waals surface area (Å²) >= 11 is 0. The van der Waals surface area contributed by atoms with Crippen molar-refractivity contribution < 1.29 is 39.5 Å². The molecule has 3 heteroatoms. The molecule has 0 N–H and O–H groups in total. The van der Waals surface area contributed by atoms with Gasteiger partial charge in [0.1, 0.15) is 0 Å². The van der Waals surface area contributed by atoms with Crippen molar-refractivity contribution in [2.75, 3.05) is 0 Å². The third-order valence-electron chi connectivity index (χ3n) is 1.12. The van der Waals surface area contributed by atoms with Gasteiger partial charge >= 0.3 is 29.6 Å². The van der Waals surface area contributed by atoms with Crippen LogP contribution in [0.25, 0.3) is 0 Å². The summed E-state index contributed by atoms with van der Waals surface area (Å²) in [5, 5.41) is 9.98. The van der Waals surface area contributed by atoms with E-state index in [0.29, 0.717) is 0 Å². The van der Waals surface area contributed by atoms with Gasteiger partial charge in [-0.1, -0.05) is 20.3 Å². The van der Waals surface area contributed by atoms with Crippen LogP contribution in [-0.2, 0) is 4.79 Å². The normalized spacial score (nSPS) is 11.8. The molecule has 0 bridgehead atoms. The van der Waals surface area contributed by atoms with Gasteiger partial charge in [0.25, 0.3) is 0 Å². The van der Waals surface area contributed by atoms with E-state index in [1.165, 1.54) is 0 Å². The van der Waals surface area contributed by atoms with Gasteiger partial charge in [-0.2, -0.15) is 0 Å². The fourth-order valence-corrected chi connectivity index (χ4v) is 0.551. The minimum atomic E-state index is -0.938. The molecule has 0 saturated carbocycles. The van der Waals surface area contributed by atoms with Crippen molar-refractivity contribution in [3.8, 4) is 0 Å². The predicted molar refractivity (Wildman–Crippen MR) is 29.1 cm³/mol. The first-order chi connectivity index (χ1) is 3.68. The molecule has 48 valence electrons. The average Bonchev–Trinajstić information content (AvgIpc) is 1.67. The Bertz CT molecular complexity index is 83.1. The molecule has 0 aliphatic heterocycles. The van der Waals surface area contributed by atoms with Crippen molar-refractivity contribution in [1.82, 2.24) is 0 Å². The Labute approximate surface area is 77.9 Å². The Kier molecular flexibility index (Phi) is 8.91. The van der Waals surface area contributed by atoms with E-state index >= 15 is 0 Å². The summed E-state index contributed by atoms with van der Waals surface area (Å²) in [5.41, 5.74) is 0. The summed E-state index contributed by atoms with van der Waals surface area (Å²) < 4.78 is 0. The van der Waals surface area contributed by atoms with E-state index < -0.39 is 5.97 Å². The number of hydrogen-bond acceptors (Lipinski definition) is 2. The fourth-order valence-electron chi connectivity index (χ4n) is 0.551. The van der Waals surface area contributed by atoms with E-state index in [1.54, 1.807) is 6.92 Å². The Morgan fingerprint density at radius 2 is 2.11 bits per heavy atom. The molecule has 0 aliphatic rings. The molecule has 0 aromatic heterocycles. The van der Waals surface area contributed by atoms with Crippen molar-refractivity contribution in [3.63, 3.8) is 0 Å². The maximum Gasteiger partial charge on any atom is 1.00 e. The van der Waals surface area contributed by atoms with Crippen LogP contribution < -0.4 is 34.7 Å². The van der Waals surface area contributed by atoms with Crippen LogP contribution in [0.15, 0.2) is 0 Å². The zero-order valence-electron chi connectivity index (χ0n) is 6.31. The zero-order chi connectivity index (χ0) is 6.57. The molecular formula is C6H11NaO2. The van der Waals surface area contributed by atoms with Gasteiger partial charge in [-0.25, -0.2) is 0 Å². The Morgan fingerprint density at radius 3 is 2.22 bits per heavy atom. The van der Waals surface area contributed by atoms with E-state index in [1.807, 2.05) is 6.92 Å². The van der Waals surface area contributed by atoms with Crippen LogP contribution in [0.2, 0.25) is 0 Å². The number of hydrogen-bond donors (Lipinski definition) is 0. The molecule has 2 nitrogen and oxygen atoms in total. The molecule has 0 aromatic carbocycles. The maximum atomic E-state index is 9.98. The van der Waals surface area contributed by atoms with Crippen molar-refractivity contribution in [3.05, 3.63) is 0 Å². The number of aliphatic carboxylic acids is 1. The molecule has 0 rings (SSSR count). The number of rotatable bonds is 3. The summed E-state index contributed by atoms with van der Waals surface area (Å²) in [7, 11) is 0. The number of carbonyl (C=O) groups is 1. The Balaban J connectivity index is 0. The average molecular weight is 138 g/mol. The summed E-state index contributed by atoms with van der Waals surface area (Å²) in [5.74, 6) is -1.22. The molecule has 0 fully saturated rings. The predicted octanol–water partition coefficient (Wildman–Crippen LogP) is -2.82. The summed E-state index contributed by atoms with van der Waals surface area (Å²) in [4.78, 5) is 9.98. The summed E-state index contributed by atoms with van der Waals surface area (Å²) in [6.45, 7) is 3.62. The monoisotopic (exact) mass is 138 g/mol. The molecule has 9 heavy (non-hydrogen) atoms. The molecule has 0 saturated heterocycles. The molecule has 1 atom stereocenters. The first-order valence-corrected chi connectivity index (χ1v) is 2.89. The van der Waals surface area contributed by atoms with Gasteiger partial charge < -0.3 is 9.90 Å². The van der Waals surface area contributed by atoms with Crippen LogP contribution in [-0.4, -0.2) is 5.97 Å². The molecule has 0 amide bonds.